The van der Waals surface area contributed by atoms with E-state index in [4.69, 9.17) is 17.4 Å². The molecule has 6 heteroatoms. The molecular weight excluding hydrogens is 256 g/mol. The van der Waals surface area contributed by atoms with Gasteiger partial charge >= 0.3 is 0 Å². The quantitative estimate of drug-likeness (QED) is 0.662. The normalized spacial score (nSPS) is 12.9. The van der Waals surface area contributed by atoms with Crippen LogP contribution in [0, 0.1) is 0 Å². The average molecular weight is 271 g/mol. The smallest absolute Gasteiger partial charge is 0.0984 e. The molecule has 0 saturated heterocycles. The zero-order valence-corrected chi connectivity index (χ0v) is 11.3. The minimum absolute atomic E-state index is 0.111. The molecule has 0 fully saturated rings. The van der Waals surface area contributed by atoms with E-state index >= 15 is 0 Å². The van der Waals surface area contributed by atoms with Gasteiger partial charge in [-0.25, -0.2) is 5.43 Å². The Morgan fingerprint density at radius 1 is 1.65 bits per heavy atom. The van der Waals surface area contributed by atoms with Crippen molar-refractivity contribution in [3.05, 3.63) is 38.8 Å². The number of aromatic nitrogens is 2. The Morgan fingerprint density at radius 2 is 2.41 bits per heavy atom. The van der Waals surface area contributed by atoms with Crippen LogP contribution >= 0.6 is 22.9 Å². The summed E-state index contributed by atoms with van der Waals surface area (Å²) in [7, 11) is 1.92. The highest BCUT2D eigenvalue weighted by Gasteiger charge is 2.20. The number of hydrogen-bond donors (Lipinski definition) is 2. The number of rotatable bonds is 4. The van der Waals surface area contributed by atoms with Gasteiger partial charge in [-0.05, 0) is 23.9 Å². The Bertz CT molecular complexity index is 505. The number of nitrogens with zero attached hydrogens (tertiary/aromatic N) is 2. The average Bonchev–Trinajstić information content (AvgIpc) is 2.88. The summed E-state index contributed by atoms with van der Waals surface area (Å²) in [4.78, 5) is 1.01. The molecule has 17 heavy (non-hydrogen) atoms. The Morgan fingerprint density at radius 3 is 2.88 bits per heavy atom. The van der Waals surface area contributed by atoms with E-state index in [1.165, 1.54) is 0 Å². The molecule has 0 aliphatic rings. The lowest BCUT2D eigenvalue weighted by Gasteiger charge is -2.15. The molecule has 0 aliphatic carbocycles. The molecular formula is C11H15ClN4S. The van der Waals surface area contributed by atoms with E-state index < -0.39 is 0 Å². The van der Waals surface area contributed by atoms with Crippen molar-refractivity contribution in [2.24, 2.45) is 12.9 Å². The summed E-state index contributed by atoms with van der Waals surface area (Å²) in [6.07, 6.45) is 0.906. The second kappa shape index (κ2) is 5.18. The van der Waals surface area contributed by atoms with Crippen LogP contribution in [0.15, 0.2) is 17.5 Å². The fourth-order valence-corrected chi connectivity index (χ4v) is 3.03. The van der Waals surface area contributed by atoms with Crippen molar-refractivity contribution in [1.29, 1.82) is 0 Å². The van der Waals surface area contributed by atoms with E-state index in [2.05, 4.69) is 23.5 Å². The van der Waals surface area contributed by atoms with Crippen molar-refractivity contribution in [1.82, 2.24) is 15.2 Å². The van der Waals surface area contributed by atoms with E-state index in [9.17, 15) is 0 Å². The lowest BCUT2D eigenvalue weighted by atomic mass is 10.1. The number of hydrazine groups is 1. The monoisotopic (exact) mass is 270 g/mol. The maximum Gasteiger partial charge on any atom is 0.0984 e. The fraction of sp³-hybridized carbons (Fsp3) is 0.364. The molecule has 2 rings (SSSR count). The largest absolute Gasteiger partial charge is 0.270 e. The zero-order valence-electron chi connectivity index (χ0n) is 9.77. The number of thiophene rings is 1. The minimum Gasteiger partial charge on any atom is -0.270 e. The van der Waals surface area contributed by atoms with E-state index in [-0.39, 0.29) is 6.04 Å². The minimum atomic E-state index is -0.111. The summed E-state index contributed by atoms with van der Waals surface area (Å²) in [5, 5.41) is 7.11. The van der Waals surface area contributed by atoms with E-state index in [1.807, 2.05) is 23.2 Å². The van der Waals surface area contributed by atoms with Crippen LogP contribution in [0.5, 0.6) is 0 Å². The molecule has 2 aromatic heterocycles. The molecule has 1 atom stereocenters. The lowest BCUT2D eigenvalue weighted by molar-refractivity contribution is 0.580. The first-order chi connectivity index (χ1) is 8.17. The number of hydrogen-bond acceptors (Lipinski definition) is 4. The van der Waals surface area contributed by atoms with Crippen molar-refractivity contribution in [3.8, 4) is 0 Å². The Kier molecular flexibility index (Phi) is 3.83. The van der Waals surface area contributed by atoms with Gasteiger partial charge in [0.25, 0.3) is 0 Å². The topological polar surface area (TPSA) is 55.9 Å². The van der Waals surface area contributed by atoms with Crippen LogP contribution in [0.4, 0.5) is 0 Å². The first-order valence-electron chi connectivity index (χ1n) is 5.39. The predicted octanol–water partition coefficient (Wildman–Crippen LogP) is 2.25. The van der Waals surface area contributed by atoms with Crippen LogP contribution in [0.2, 0.25) is 5.02 Å². The highest BCUT2D eigenvalue weighted by atomic mass is 35.5. The molecule has 0 amide bonds. The second-order valence-corrected chi connectivity index (χ2v) is 5.13. The van der Waals surface area contributed by atoms with Crippen molar-refractivity contribution in [3.63, 3.8) is 0 Å². The van der Waals surface area contributed by atoms with Gasteiger partial charge in [0.2, 0.25) is 0 Å². The van der Waals surface area contributed by atoms with Crippen LogP contribution in [0.1, 0.15) is 29.2 Å². The van der Waals surface area contributed by atoms with Gasteiger partial charge in [0.15, 0.2) is 0 Å². The van der Waals surface area contributed by atoms with Gasteiger partial charge in [0, 0.05) is 11.9 Å². The van der Waals surface area contributed by atoms with Gasteiger partial charge in [0.05, 0.1) is 22.5 Å². The van der Waals surface area contributed by atoms with Gasteiger partial charge in [-0.1, -0.05) is 18.5 Å². The van der Waals surface area contributed by atoms with Crippen molar-refractivity contribution >= 4 is 22.9 Å². The van der Waals surface area contributed by atoms with Gasteiger partial charge in [-0.15, -0.1) is 11.3 Å². The third-order valence-electron chi connectivity index (χ3n) is 2.70. The van der Waals surface area contributed by atoms with E-state index in [1.54, 1.807) is 11.3 Å². The summed E-state index contributed by atoms with van der Waals surface area (Å²) in [6, 6.07) is 3.82. The molecule has 0 aromatic carbocycles. The molecule has 2 heterocycles. The SMILES string of the molecule is CCc1cc(C(NN)c2sccc2Cl)n(C)n1. The van der Waals surface area contributed by atoms with E-state index in [0.29, 0.717) is 0 Å². The van der Waals surface area contributed by atoms with Crippen LogP contribution in [-0.4, -0.2) is 9.78 Å². The summed E-state index contributed by atoms with van der Waals surface area (Å²) >= 11 is 7.73. The molecule has 0 radical (unpaired) electrons. The van der Waals surface area contributed by atoms with Gasteiger partial charge in [-0.2, -0.15) is 5.10 Å². The standard InChI is InChI=1S/C11H15ClN4S/c1-3-7-6-9(16(2)15-7)10(14-13)11-8(12)4-5-17-11/h4-6,10,14H,3,13H2,1-2H3. The number of nitrogens with two attached hydrogens (primary N) is 1. The van der Waals surface area contributed by atoms with Gasteiger partial charge in [-0.3, -0.25) is 10.5 Å². The van der Waals surface area contributed by atoms with Gasteiger partial charge < -0.3 is 0 Å². The van der Waals surface area contributed by atoms with Crippen LogP contribution in [0.25, 0.3) is 0 Å². The highest BCUT2D eigenvalue weighted by Crippen LogP contribution is 2.32. The molecule has 2 aromatic rings. The first-order valence-corrected chi connectivity index (χ1v) is 6.65. The fourth-order valence-electron chi connectivity index (χ4n) is 1.79. The number of aryl methyl sites for hydroxylation is 2. The van der Waals surface area contributed by atoms with Crippen molar-refractivity contribution in [2.75, 3.05) is 0 Å². The van der Waals surface area contributed by atoms with Crippen LogP contribution in [0.3, 0.4) is 0 Å². The zero-order chi connectivity index (χ0) is 12.4. The summed E-state index contributed by atoms with van der Waals surface area (Å²) < 4.78 is 1.85. The molecule has 0 spiro atoms. The van der Waals surface area contributed by atoms with E-state index in [0.717, 1.165) is 27.7 Å². The molecule has 0 saturated carbocycles. The molecule has 1 unspecified atom stereocenters. The number of nitrogens with one attached hydrogen (secondary N) is 1. The Balaban J connectivity index is 2.42. The van der Waals surface area contributed by atoms with Gasteiger partial charge in [0.1, 0.15) is 0 Å². The van der Waals surface area contributed by atoms with Crippen LogP contribution < -0.4 is 11.3 Å². The number of halogens is 1. The van der Waals surface area contributed by atoms with Crippen LogP contribution in [-0.2, 0) is 13.5 Å². The van der Waals surface area contributed by atoms with Crippen molar-refractivity contribution < 1.29 is 0 Å². The lowest BCUT2D eigenvalue weighted by Crippen LogP contribution is -2.29. The third-order valence-corrected chi connectivity index (χ3v) is 4.12. The summed E-state index contributed by atoms with van der Waals surface area (Å²) in [6.45, 7) is 2.08. The molecule has 3 N–H and O–H groups in total. The Hall–Kier alpha value is -0.880. The molecule has 92 valence electrons. The second-order valence-electron chi connectivity index (χ2n) is 3.77. The summed E-state index contributed by atoms with van der Waals surface area (Å²) in [5.41, 5.74) is 4.88. The maximum absolute atomic E-state index is 6.14. The first kappa shape index (κ1) is 12.6. The maximum atomic E-state index is 6.14. The molecule has 0 bridgehead atoms. The Labute approximate surface area is 109 Å². The predicted molar refractivity (Wildman–Crippen MR) is 71.1 cm³/mol. The summed E-state index contributed by atoms with van der Waals surface area (Å²) in [5.74, 6) is 5.64. The molecule has 0 aliphatic heterocycles. The highest BCUT2D eigenvalue weighted by molar-refractivity contribution is 7.10. The molecule has 4 nitrogen and oxygen atoms in total. The third kappa shape index (κ3) is 2.37. The van der Waals surface area contributed by atoms with Crippen molar-refractivity contribution in [2.45, 2.75) is 19.4 Å².